The molecule has 5 heteroatoms. The Labute approximate surface area is 136 Å². The molecule has 1 aromatic carbocycles. The smallest absolute Gasteiger partial charge is 0.261 e. The van der Waals surface area contributed by atoms with Gasteiger partial charge in [0.15, 0.2) is 0 Å². The second kappa shape index (κ2) is 6.86. The largest absolute Gasteiger partial charge is 0.493 e. The zero-order valence-corrected chi connectivity index (χ0v) is 13.6. The summed E-state index contributed by atoms with van der Waals surface area (Å²) in [6.07, 6.45) is 3.80. The first-order valence-corrected chi connectivity index (χ1v) is 8.19. The third kappa shape index (κ3) is 3.38. The third-order valence-corrected chi connectivity index (χ3v) is 4.12. The minimum Gasteiger partial charge on any atom is -0.493 e. The molecule has 5 nitrogen and oxygen atoms in total. The van der Waals surface area contributed by atoms with Crippen LogP contribution in [-0.4, -0.2) is 17.7 Å². The van der Waals surface area contributed by atoms with Gasteiger partial charge in [-0.15, -0.1) is 0 Å². The number of anilines is 1. The number of aromatic nitrogens is 1. The second-order valence-corrected chi connectivity index (χ2v) is 6.08. The number of nitrogens with zero attached hydrogens (tertiary/aromatic N) is 1. The van der Waals surface area contributed by atoms with Gasteiger partial charge in [-0.25, -0.2) is 0 Å². The number of hydrogen-bond acceptors (Lipinski definition) is 4. The molecule has 3 rings (SSSR count). The normalized spacial score (nSPS) is 16.7. The predicted octanol–water partition coefficient (Wildman–Crippen LogP) is 3.84. The number of aryl methyl sites for hydroxylation is 1. The van der Waals surface area contributed by atoms with E-state index >= 15 is 0 Å². The number of amides is 1. The summed E-state index contributed by atoms with van der Waals surface area (Å²) in [5, 5.41) is 6.94. The molecular weight excluding hydrogens is 292 g/mol. The van der Waals surface area contributed by atoms with Crippen LogP contribution >= 0.6 is 0 Å². The standard InChI is InChI=1S/C18H22N2O3/c1-3-10-22-16-7-5-4-6-13(16)17(21)19-18-14-11-12(2)8-9-15(14)20-23-18/h4-7,12H,3,8-11H2,1-2H3,(H,19,21)/t12-/m1/s1. The first-order valence-electron chi connectivity index (χ1n) is 8.19. The predicted molar refractivity (Wildman–Crippen MR) is 87.9 cm³/mol. The zero-order chi connectivity index (χ0) is 16.2. The Morgan fingerprint density at radius 1 is 1.43 bits per heavy atom. The van der Waals surface area contributed by atoms with Crippen LogP contribution < -0.4 is 10.1 Å². The molecule has 1 aliphatic rings. The Morgan fingerprint density at radius 2 is 2.26 bits per heavy atom. The zero-order valence-electron chi connectivity index (χ0n) is 13.6. The fraction of sp³-hybridized carbons (Fsp3) is 0.444. The number of fused-ring (bicyclic) bond motifs is 1. The second-order valence-electron chi connectivity index (χ2n) is 6.08. The maximum atomic E-state index is 12.6. The summed E-state index contributed by atoms with van der Waals surface area (Å²) in [4.78, 5) is 12.6. The van der Waals surface area contributed by atoms with Crippen molar-refractivity contribution < 1.29 is 14.1 Å². The number of para-hydroxylation sites is 1. The highest BCUT2D eigenvalue weighted by molar-refractivity contribution is 6.05. The van der Waals surface area contributed by atoms with Crippen LogP contribution in [0.5, 0.6) is 5.75 Å². The minimum atomic E-state index is -0.228. The van der Waals surface area contributed by atoms with Gasteiger partial charge in [-0.05, 0) is 43.7 Å². The number of nitrogens with one attached hydrogen (secondary N) is 1. The van der Waals surface area contributed by atoms with Crippen molar-refractivity contribution in [1.29, 1.82) is 0 Å². The summed E-state index contributed by atoms with van der Waals surface area (Å²) in [5.41, 5.74) is 2.51. The van der Waals surface area contributed by atoms with Gasteiger partial charge in [-0.1, -0.05) is 31.1 Å². The topological polar surface area (TPSA) is 64.4 Å². The van der Waals surface area contributed by atoms with E-state index < -0.39 is 0 Å². The maximum absolute atomic E-state index is 12.6. The Balaban J connectivity index is 1.79. The average Bonchev–Trinajstić information content (AvgIpc) is 2.95. The molecule has 1 heterocycles. The molecule has 0 fully saturated rings. The SMILES string of the molecule is CCCOc1ccccc1C(=O)Nc1onc2c1C[C@H](C)CC2. The van der Waals surface area contributed by atoms with Crippen LogP contribution in [0.1, 0.15) is 48.3 Å². The van der Waals surface area contributed by atoms with Crippen molar-refractivity contribution in [2.45, 2.75) is 39.5 Å². The summed E-state index contributed by atoms with van der Waals surface area (Å²) in [7, 11) is 0. The molecule has 0 saturated carbocycles. The van der Waals surface area contributed by atoms with Gasteiger partial charge in [0.05, 0.1) is 17.9 Å². The van der Waals surface area contributed by atoms with Crippen LogP contribution in [0.4, 0.5) is 5.88 Å². The summed E-state index contributed by atoms with van der Waals surface area (Å²) in [5.74, 6) is 1.42. The number of rotatable bonds is 5. The fourth-order valence-corrected chi connectivity index (χ4v) is 2.84. The van der Waals surface area contributed by atoms with Gasteiger partial charge >= 0.3 is 0 Å². The van der Waals surface area contributed by atoms with Crippen LogP contribution in [0.2, 0.25) is 0 Å². The molecule has 0 radical (unpaired) electrons. The Hall–Kier alpha value is -2.30. The summed E-state index contributed by atoms with van der Waals surface area (Å²) in [6, 6.07) is 7.25. The molecule has 1 amide bonds. The number of hydrogen-bond donors (Lipinski definition) is 1. The van der Waals surface area contributed by atoms with E-state index in [0.29, 0.717) is 29.7 Å². The van der Waals surface area contributed by atoms with Gasteiger partial charge < -0.3 is 9.26 Å². The van der Waals surface area contributed by atoms with Crippen molar-refractivity contribution >= 4 is 11.8 Å². The van der Waals surface area contributed by atoms with Crippen molar-refractivity contribution in [1.82, 2.24) is 5.16 Å². The van der Waals surface area contributed by atoms with E-state index in [1.165, 1.54) is 0 Å². The lowest BCUT2D eigenvalue weighted by Gasteiger charge is -2.17. The van der Waals surface area contributed by atoms with Crippen LogP contribution in [0, 0.1) is 5.92 Å². The van der Waals surface area contributed by atoms with Gasteiger partial charge in [0.2, 0.25) is 5.88 Å². The number of benzene rings is 1. The molecule has 1 atom stereocenters. The quantitative estimate of drug-likeness (QED) is 0.910. The molecule has 1 N–H and O–H groups in total. The summed E-state index contributed by atoms with van der Waals surface area (Å²) < 4.78 is 11.0. The molecule has 0 aliphatic heterocycles. The number of carbonyl (C=O) groups excluding carboxylic acids is 1. The van der Waals surface area contributed by atoms with Crippen LogP contribution in [-0.2, 0) is 12.8 Å². The molecule has 0 spiro atoms. The van der Waals surface area contributed by atoms with Gasteiger partial charge in [-0.3, -0.25) is 10.1 Å². The van der Waals surface area contributed by atoms with E-state index in [2.05, 4.69) is 17.4 Å². The van der Waals surface area contributed by atoms with E-state index in [4.69, 9.17) is 9.26 Å². The summed E-state index contributed by atoms with van der Waals surface area (Å²) in [6.45, 7) is 4.82. The minimum absolute atomic E-state index is 0.228. The molecule has 0 saturated heterocycles. The highest BCUT2D eigenvalue weighted by atomic mass is 16.5. The first kappa shape index (κ1) is 15.6. The van der Waals surface area contributed by atoms with E-state index in [-0.39, 0.29) is 5.91 Å². The van der Waals surface area contributed by atoms with Crippen molar-refractivity contribution in [2.75, 3.05) is 11.9 Å². The molecule has 23 heavy (non-hydrogen) atoms. The molecule has 1 aromatic heterocycles. The molecule has 2 aromatic rings. The lowest BCUT2D eigenvalue weighted by Crippen LogP contribution is -2.16. The van der Waals surface area contributed by atoms with Gasteiger partial charge in [0.25, 0.3) is 5.91 Å². The van der Waals surface area contributed by atoms with Crippen LogP contribution in [0.15, 0.2) is 28.8 Å². The van der Waals surface area contributed by atoms with E-state index in [1.807, 2.05) is 25.1 Å². The Kier molecular flexibility index (Phi) is 4.65. The fourth-order valence-electron chi connectivity index (χ4n) is 2.84. The van der Waals surface area contributed by atoms with E-state index in [1.54, 1.807) is 6.07 Å². The van der Waals surface area contributed by atoms with Gasteiger partial charge in [-0.2, -0.15) is 0 Å². The summed E-state index contributed by atoms with van der Waals surface area (Å²) >= 11 is 0. The first-order chi connectivity index (χ1) is 11.2. The number of ether oxygens (including phenoxy) is 1. The van der Waals surface area contributed by atoms with E-state index in [0.717, 1.165) is 36.9 Å². The lowest BCUT2D eigenvalue weighted by molar-refractivity contribution is 0.101. The molecule has 122 valence electrons. The molecule has 0 unspecified atom stereocenters. The highest BCUT2D eigenvalue weighted by Crippen LogP contribution is 2.31. The lowest BCUT2D eigenvalue weighted by atomic mass is 9.89. The van der Waals surface area contributed by atoms with Crippen molar-refractivity contribution in [3.8, 4) is 5.75 Å². The maximum Gasteiger partial charge on any atom is 0.261 e. The van der Waals surface area contributed by atoms with Crippen LogP contribution in [0.25, 0.3) is 0 Å². The van der Waals surface area contributed by atoms with E-state index in [9.17, 15) is 4.79 Å². The van der Waals surface area contributed by atoms with Crippen molar-refractivity contribution in [3.05, 3.63) is 41.1 Å². The monoisotopic (exact) mass is 314 g/mol. The Morgan fingerprint density at radius 3 is 3.09 bits per heavy atom. The van der Waals surface area contributed by atoms with Gasteiger partial charge in [0.1, 0.15) is 5.75 Å². The van der Waals surface area contributed by atoms with Crippen LogP contribution in [0.3, 0.4) is 0 Å². The molecular formula is C18H22N2O3. The molecule has 0 bridgehead atoms. The van der Waals surface area contributed by atoms with Gasteiger partial charge in [0, 0.05) is 5.56 Å². The molecule has 1 aliphatic carbocycles. The Bertz CT molecular complexity index is 693. The highest BCUT2D eigenvalue weighted by Gasteiger charge is 2.25. The third-order valence-electron chi connectivity index (χ3n) is 4.12. The number of carbonyl (C=O) groups is 1. The van der Waals surface area contributed by atoms with Crippen molar-refractivity contribution in [2.24, 2.45) is 5.92 Å². The average molecular weight is 314 g/mol. The van der Waals surface area contributed by atoms with Crippen molar-refractivity contribution in [3.63, 3.8) is 0 Å².